The van der Waals surface area contributed by atoms with Crippen LogP contribution in [0.1, 0.15) is 67.4 Å². The lowest BCUT2D eigenvalue weighted by Crippen LogP contribution is -2.19. The van der Waals surface area contributed by atoms with Gasteiger partial charge in [-0.2, -0.15) is 0 Å². The summed E-state index contributed by atoms with van der Waals surface area (Å²) < 4.78 is 0. The molecule has 1 aromatic rings. The fourth-order valence-electron chi connectivity index (χ4n) is 2.17. The van der Waals surface area contributed by atoms with Crippen LogP contribution in [-0.2, 0) is 0 Å². The molecule has 0 aliphatic heterocycles. The molecule has 1 rings (SSSR count). The summed E-state index contributed by atoms with van der Waals surface area (Å²) in [6.45, 7) is 2.20. The fourth-order valence-corrected chi connectivity index (χ4v) is 2.17. The standard InChI is InChI=1S/C15H24N2O/c1-2-3-4-5-6-11-14(16)12-9-7-8-10-13(12)15(17)18/h7-10,14H,2-6,11,16H2,1H3,(H2,17,18). The Labute approximate surface area is 110 Å². The van der Waals surface area contributed by atoms with E-state index in [4.69, 9.17) is 11.5 Å². The summed E-state index contributed by atoms with van der Waals surface area (Å²) >= 11 is 0. The summed E-state index contributed by atoms with van der Waals surface area (Å²) in [5.41, 5.74) is 12.9. The minimum Gasteiger partial charge on any atom is -0.366 e. The van der Waals surface area contributed by atoms with E-state index in [1.165, 1.54) is 25.7 Å². The number of hydrogen-bond donors (Lipinski definition) is 2. The van der Waals surface area contributed by atoms with Crippen LogP contribution in [0.4, 0.5) is 0 Å². The van der Waals surface area contributed by atoms with Gasteiger partial charge in [0.05, 0.1) is 0 Å². The number of unbranched alkanes of at least 4 members (excludes halogenated alkanes) is 4. The molecule has 1 amide bonds. The molecule has 0 aliphatic carbocycles. The van der Waals surface area contributed by atoms with Crippen molar-refractivity contribution < 1.29 is 4.79 Å². The third-order valence-electron chi connectivity index (χ3n) is 3.24. The van der Waals surface area contributed by atoms with Crippen LogP contribution in [0.3, 0.4) is 0 Å². The summed E-state index contributed by atoms with van der Waals surface area (Å²) in [6.07, 6.45) is 7.02. The Hall–Kier alpha value is -1.35. The lowest BCUT2D eigenvalue weighted by atomic mass is 9.96. The highest BCUT2D eigenvalue weighted by atomic mass is 16.1. The zero-order valence-electron chi connectivity index (χ0n) is 11.2. The van der Waals surface area contributed by atoms with Gasteiger partial charge < -0.3 is 11.5 Å². The number of amides is 1. The molecule has 0 heterocycles. The summed E-state index contributed by atoms with van der Waals surface area (Å²) in [7, 11) is 0. The molecule has 0 aliphatic rings. The van der Waals surface area contributed by atoms with E-state index in [0.29, 0.717) is 5.56 Å². The van der Waals surface area contributed by atoms with Crippen LogP contribution in [0.25, 0.3) is 0 Å². The second kappa shape index (κ2) is 7.88. The van der Waals surface area contributed by atoms with Crippen LogP contribution in [-0.4, -0.2) is 5.91 Å². The van der Waals surface area contributed by atoms with Crippen molar-refractivity contribution >= 4 is 5.91 Å². The largest absolute Gasteiger partial charge is 0.366 e. The molecule has 0 saturated carbocycles. The van der Waals surface area contributed by atoms with E-state index >= 15 is 0 Å². The molecule has 4 N–H and O–H groups in total. The third-order valence-corrected chi connectivity index (χ3v) is 3.24. The van der Waals surface area contributed by atoms with E-state index in [-0.39, 0.29) is 6.04 Å². The Morgan fingerprint density at radius 1 is 1.17 bits per heavy atom. The summed E-state index contributed by atoms with van der Waals surface area (Å²) in [6, 6.07) is 7.28. The predicted molar refractivity (Wildman–Crippen MR) is 75.3 cm³/mol. The number of hydrogen-bond acceptors (Lipinski definition) is 2. The Morgan fingerprint density at radius 3 is 2.50 bits per heavy atom. The van der Waals surface area contributed by atoms with Gasteiger partial charge in [-0.15, -0.1) is 0 Å². The number of benzene rings is 1. The average molecular weight is 248 g/mol. The second-order valence-electron chi connectivity index (χ2n) is 4.76. The number of primary amides is 1. The van der Waals surface area contributed by atoms with Crippen LogP contribution < -0.4 is 11.5 Å². The molecule has 0 aromatic heterocycles. The minimum absolute atomic E-state index is 0.0877. The molecule has 0 radical (unpaired) electrons. The lowest BCUT2D eigenvalue weighted by Gasteiger charge is -2.14. The molecule has 1 aromatic carbocycles. The smallest absolute Gasteiger partial charge is 0.249 e. The molecule has 3 nitrogen and oxygen atoms in total. The van der Waals surface area contributed by atoms with E-state index in [0.717, 1.165) is 18.4 Å². The molecular weight excluding hydrogens is 224 g/mol. The van der Waals surface area contributed by atoms with Crippen molar-refractivity contribution in [1.82, 2.24) is 0 Å². The highest BCUT2D eigenvalue weighted by molar-refractivity contribution is 5.94. The van der Waals surface area contributed by atoms with Crippen LogP contribution in [0.5, 0.6) is 0 Å². The van der Waals surface area contributed by atoms with Crippen LogP contribution in [0.2, 0.25) is 0 Å². The van der Waals surface area contributed by atoms with Gasteiger partial charge in [-0.1, -0.05) is 57.2 Å². The number of nitrogens with two attached hydrogens (primary N) is 2. The van der Waals surface area contributed by atoms with Gasteiger partial charge in [-0.3, -0.25) is 4.79 Å². The first-order valence-electron chi connectivity index (χ1n) is 6.81. The first-order valence-corrected chi connectivity index (χ1v) is 6.81. The maximum absolute atomic E-state index is 11.3. The van der Waals surface area contributed by atoms with E-state index in [9.17, 15) is 4.79 Å². The highest BCUT2D eigenvalue weighted by Crippen LogP contribution is 2.21. The van der Waals surface area contributed by atoms with Crippen molar-refractivity contribution in [3.05, 3.63) is 35.4 Å². The summed E-state index contributed by atoms with van der Waals surface area (Å²) in [5, 5.41) is 0. The van der Waals surface area contributed by atoms with Crippen molar-refractivity contribution in [3.8, 4) is 0 Å². The highest BCUT2D eigenvalue weighted by Gasteiger charge is 2.13. The second-order valence-corrected chi connectivity index (χ2v) is 4.76. The van der Waals surface area contributed by atoms with E-state index < -0.39 is 5.91 Å². The van der Waals surface area contributed by atoms with Gasteiger partial charge in [0, 0.05) is 11.6 Å². The van der Waals surface area contributed by atoms with Gasteiger partial charge in [0.2, 0.25) is 5.91 Å². The van der Waals surface area contributed by atoms with Crippen LogP contribution in [0.15, 0.2) is 24.3 Å². The first kappa shape index (κ1) is 14.7. The van der Waals surface area contributed by atoms with E-state index in [1.807, 2.05) is 18.2 Å². The summed E-state index contributed by atoms with van der Waals surface area (Å²) in [5.74, 6) is -0.396. The van der Waals surface area contributed by atoms with Crippen molar-refractivity contribution in [2.45, 2.75) is 51.5 Å². The Bertz CT molecular complexity index is 377. The van der Waals surface area contributed by atoms with Crippen molar-refractivity contribution in [1.29, 1.82) is 0 Å². The summed E-state index contributed by atoms with van der Waals surface area (Å²) in [4.78, 5) is 11.3. The molecule has 0 spiro atoms. The van der Waals surface area contributed by atoms with Crippen LogP contribution >= 0.6 is 0 Å². The third kappa shape index (κ3) is 4.49. The monoisotopic (exact) mass is 248 g/mol. The fraction of sp³-hybridized carbons (Fsp3) is 0.533. The molecule has 100 valence electrons. The quantitative estimate of drug-likeness (QED) is 0.694. The van der Waals surface area contributed by atoms with Gasteiger partial charge >= 0.3 is 0 Å². The Kier molecular flexibility index (Phi) is 6.44. The number of rotatable bonds is 8. The zero-order valence-corrected chi connectivity index (χ0v) is 11.2. The maximum atomic E-state index is 11.3. The van der Waals surface area contributed by atoms with E-state index in [1.54, 1.807) is 6.07 Å². The molecule has 18 heavy (non-hydrogen) atoms. The SMILES string of the molecule is CCCCCCCC(N)c1ccccc1C(N)=O. The number of carbonyl (C=O) groups is 1. The van der Waals surface area contributed by atoms with Gasteiger partial charge in [-0.25, -0.2) is 0 Å². The normalized spacial score (nSPS) is 12.3. The average Bonchev–Trinajstić information content (AvgIpc) is 2.38. The molecule has 3 heteroatoms. The Balaban J connectivity index is 2.51. The minimum atomic E-state index is -0.396. The predicted octanol–water partition coefficient (Wildman–Crippen LogP) is 3.15. The molecule has 1 unspecified atom stereocenters. The maximum Gasteiger partial charge on any atom is 0.249 e. The van der Waals surface area contributed by atoms with Crippen molar-refractivity contribution in [2.24, 2.45) is 11.5 Å². The Morgan fingerprint density at radius 2 is 1.83 bits per heavy atom. The van der Waals surface area contributed by atoms with Gasteiger partial charge in [0.25, 0.3) is 0 Å². The van der Waals surface area contributed by atoms with E-state index in [2.05, 4.69) is 6.92 Å². The zero-order chi connectivity index (χ0) is 13.4. The van der Waals surface area contributed by atoms with Crippen molar-refractivity contribution in [2.75, 3.05) is 0 Å². The topological polar surface area (TPSA) is 69.1 Å². The molecule has 0 bridgehead atoms. The van der Waals surface area contributed by atoms with Gasteiger partial charge in [0.15, 0.2) is 0 Å². The number of carbonyl (C=O) groups excluding carboxylic acids is 1. The first-order chi connectivity index (χ1) is 8.66. The molecule has 0 saturated heterocycles. The lowest BCUT2D eigenvalue weighted by molar-refractivity contribution is 0.0999. The van der Waals surface area contributed by atoms with Crippen molar-refractivity contribution in [3.63, 3.8) is 0 Å². The molecule has 0 fully saturated rings. The van der Waals surface area contributed by atoms with Gasteiger partial charge in [0.1, 0.15) is 0 Å². The van der Waals surface area contributed by atoms with Gasteiger partial charge in [-0.05, 0) is 18.1 Å². The molecular formula is C15H24N2O. The molecule has 1 atom stereocenters. The van der Waals surface area contributed by atoms with Crippen LogP contribution in [0, 0.1) is 0 Å².